The summed E-state index contributed by atoms with van der Waals surface area (Å²) >= 11 is 0. The van der Waals surface area contributed by atoms with Gasteiger partial charge in [-0.05, 0) is 36.6 Å². The van der Waals surface area contributed by atoms with Gasteiger partial charge in [-0.25, -0.2) is 0 Å². The van der Waals surface area contributed by atoms with Crippen molar-refractivity contribution in [1.29, 1.82) is 0 Å². The minimum absolute atomic E-state index is 0. The summed E-state index contributed by atoms with van der Waals surface area (Å²) in [6.07, 6.45) is 0. The monoisotopic (exact) mass is 351 g/mol. The van der Waals surface area contributed by atoms with Crippen LogP contribution in [0.4, 0.5) is 0 Å². The smallest absolute Gasteiger partial charge is 0.203 e. The Morgan fingerprint density at radius 3 is 2.08 bits per heavy atom. The molecule has 0 radical (unpaired) electrons. The third kappa shape index (κ3) is 4.56. The van der Waals surface area contributed by atoms with E-state index in [0.717, 1.165) is 12.1 Å². The molecule has 0 unspecified atom stereocenters. The van der Waals surface area contributed by atoms with E-state index in [1.165, 1.54) is 16.7 Å². The Morgan fingerprint density at radius 1 is 0.792 bits per heavy atom. The van der Waals surface area contributed by atoms with Crippen LogP contribution in [0.25, 0.3) is 0 Å². The number of nitrogens with one attached hydrogen (secondary N) is 1. The fraction of sp³-hybridized carbons (Fsp3) is 0.368. The SMILES string of the molecule is COc1ccc(CNCc2ccc(C)c(C)c2)c(OC)c1OC.Cl. The number of rotatable bonds is 7. The quantitative estimate of drug-likeness (QED) is 0.817. The van der Waals surface area contributed by atoms with Crippen molar-refractivity contribution in [3.63, 3.8) is 0 Å². The second-order valence-electron chi connectivity index (χ2n) is 5.52. The molecule has 0 bridgehead atoms. The predicted molar refractivity (Wildman–Crippen MR) is 99.8 cm³/mol. The van der Waals surface area contributed by atoms with Crippen LogP contribution in [0.2, 0.25) is 0 Å². The fourth-order valence-corrected chi connectivity index (χ4v) is 2.56. The van der Waals surface area contributed by atoms with Gasteiger partial charge in [-0.2, -0.15) is 0 Å². The predicted octanol–water partition coefficient (Wildman–Crippen LogP) is 4.04. The van der Waals surface area contributed by atoms with Crippen LogP contribution < -0.4 is 19.5 Å². The molecule has 0 aromatic heterocycles. The third-order valence-electron chi connectivity index (χ3n) is 4.00. The highest BCUT2D eigenvalue weighted by molar-refractivity contribution is 5.85. The minimum atomic E-state index is 0. The van der Waals surface area contributed by atoms with Crippen molar-refractivity contribution in [3.05, 3.63) is 52.6 Å². The highest BCUT2D eigenvalue weighted by Gasteiger charge is 2.15. The van der Waals surface area contributed by atoms with E-state index in [1.807, 2.05) is 12.1 Å². The molecule has 2 aromatic rings. The Balaban J connectivity index is 0.00000288. The van der Waals surface area contributed by atoms with E-state index in [-0.39, 0.29) is 12.4 Å². The van der Waals surface area contributed by atoms with E-state index in [4.69, 9.17) is 14.2 Å². The zero-order valence-electron chi connectivity index (χ0n) is 14.9. The van der Waals surface area contributed by atoms with Gasteiger partial charge >= 0.3 is 0 Å². The van der Waals surface area contributed by atoms with Crippen molar-refractivity contribution in [2.45, 2.75) is 26.9 Å². The van der Waals surface area contributed by atoms with E-state index < -0.39 is 0 Å². The van der Waals surface area contributed by atoms with Gasteiger partial charge in [0.15, 0.2) is 11.5 Å². The highest BCUT2D eigenvalue weighted by Crippen LogP contribution is 2.39. The minimum Gasteiger partial charge on any atom is -0.493 e. The van der Waals surface area contributed by atoms with Gasteiger partial charge in [-0.1, -0.05) is 24.3 Å². The van der Waals surface area contributed by atoms with E-state index in [2.05, 4.69) is 37.4 Å². The first-order valence-electron chi connectivity index (χ1n) is 7.65. The lowest BCUT2D eigenvalue weighted by atomic mass is 10.1. The normalized spacial score (nSPS) is 10.0. The number of ether oxygens (including phenoxy) is 3. The van der Waals surface area contributed by atoms with Gasteiger partial charge in [-0.3, -0.25) is 0 Å². The number of methoxy groups -OCH3 is 3. The zero-order chi connectivity index (χ0) is 16.8. The lowest BCUT2D eigenvalue weighted by molar-refractivity contribution is 0.321. The van der Waals surface area contributed by atoms with Crippen molar-refractivity contribution in [1.82, 2.24) is 5.32 Å². The molecule has 0 saturated carbocycles. The average molecular weight is 352 g/mol. The number of halogens is 1. The number of aryl methyl sites for hydroxylation is 2. The molecule has 1 N–H and O–H groups in total. The van der Waals surface area contributed by atoms with Gasteiger partial charge in [0.05, 0.1) is 21.3 Å². The van der Waals surface area contributed by atoms with Crippen LogP contribution in [0, 0.1) is 13.8 Å². The number of hydrogen-bond acceptors (Lipinski definition) is 4. The number of hydrogen-bond donors (Lipinski definition) is 1. The van der Waals surface area contributed by atoms with Gasteiger partial charge in [0, 0.05) is 18.7 Å². The lowest BCUT2D eigenvalue weighted by Crippen LogP contribution is -2.14. The maximum atomic E-state index is 5.50. The third-order valence-corrected chi connectivity index (χ3v) is 4.00. The molecule has 2 aromatic carbocycles. The largest absolute Gasteiger partial charge is 0.493 e. The van der Waals surface area contributed by atoms with Crippen LogP contribution in [0.3, 0.4) is 0 Å². The van der Waals surface area contributed by atoms with Crippen LogP contribution in [0.15, 0.2) is 30.3 Å². The molecular formula is C19H26ClNO3. The van der Waals surface area contributed by atoms with E-state index in [9.17, 15) is 0 Å². The van der Waals surface area contributed by atoms with Crippen LogP contribution >= 0.6 is 12.4 Å². The topological polar surface area (TPSA) is 39.7 Å². The molecule has 4 nitrogen and oxygen atoms in total. The van der Waals surface area contributed by atoms with Crippen molar-refractivity contribution in [3.8, 4) is 17.2 Å². The van der Waals surface area contributed by atoms with Crippen molar-refractivity contribution in [2.24, 2.45) is 0 Å². The molecule has 0 fully saturated rings. The Morgan fingerprint density at radius 2 is 1.50 bits per heavy atom. The Hall–Kier alpha value is -1.91. The summed E-state index contributed by atoms with van der Waals surface area (Å²) < 4.78 is 16.2. The molecule has 2 rings (SSSR count). The molecule has 5 heteroatoms. The van der Waals surface area contributed by atoms with E-state index in [0.29, 0.717) is 23.8 Å². The summed E-state index contributed by atoms with van der Waals surface area (Å²) in [5.41, 5.74) is 4.94. The second-order valence-corrected chi connectivity index (χ2v) is 5.52. The lowest BCUT2D eigenvalue weighted by Gasteiger charge is -2.16. The first-order chi connectivity index (χ1) is 11.1. The summed E-state index contributed by atoms with van der Waals surface area (Å²) in [4.78, 5) is 0. The molecule has 0 aliphatic heterocycles. The summed E-state index contributed by atoms with van der Waals surface area (Å²) in [7, 11) is 4.88. The number of benzene rings is 2. The van der Waals surface area contributed by atoms with Gasteiger partial charge in [-0.15, -0.1) is 12.4 Å². The van der Waals surface area contributed by atoms with E-state index >= 15 is 0 Å². The summed E-state index contributed by atoms with van der Waals surface area (Å²) in [6.45, 7) is 5.76. The van der Waals surface area contributed by atoms with Crippen molar-refractivity contribution in [2.75, 3.05) is 21.3 Å². The van der Waals surface area contributed by atoms with Crippen molar-refractivity contribution >= 4 is 12.4 Å². The first-order valence-corrected chi connectivity index (χ1v) is 7.65. The zero-order valence-corrected chi connectivity index (χ0v) is 15.8. The van der Waals surface area contributed by atoms with Gasteiger partial charge in [0.2, 0.25) is 5.75 Å². The van der Waals surface area contributed by atoms with Crippen LogP contribution in [0.5, 0.6) is 17.2 Å². The summed E-state index contributed by atoms with van der Waals surface area (Å²) in [6, 6.07) is 10.4. The molecule has 0 heterocycles. The van der Waals surface area contributed by atoms with E-state index in [1.54, 1.807) is 21.3 Å². The summed E-state index contributed by atoms with van der Waals surface area (Å²) in [5, 5.41) is 3.45. The summed E-state index contributed by atoms with van der Waals surface area (Å²) in [5.74, 6) is 2.00. The van der Waals surface area contributed by atoms with Gasteiger partial charge < -0.3 is 19.5 Å². The van der Waals surface area contributed by atoms with Crippen LogP contribution in [-0.2, 0) is 13.1 Å². The molecule has 0 amide bonds. The first kappa shape index (κ1) is 20.1. The molecule has 0 aliphatic carbocycles. The standard InChI is InChI=1S/C19H25NO3.ClH/c1-13-6-7-15(10-14(13)2)11-20-12-16-8-9-17(21-3)19(23-5)18(16)22-4;/h6-10,20H,11-12H2,1-5H3;1H. The molecule has 24 heavy (non-hydrogen) atoms. The maximum Gasteiger partial charge on any atom is 0.203 e. The van der Waals surface area contributed by atoms with Crippen molar-refractivity contribution < 1.29 is 14.2 Å². The van der Waals surface area contributed by atoms with Crippen LogP contribution in [0.1, 0.15) is 22.3 Å². The fourth-order valence-electron chi connectivity index (χ4n) is 2.56. The second kappa shape index (κ2) is 9.40. The molecule has 0 saturated heterocycles. The van der Waals surface area contributed by atoms with Gasteiger partial charge in [0.1, 0.15) is 0 Å². The molecule has 0 spiro atoms. The Labute approximate surface area is 150 Å². The Kier molecular flexibility index (Phi) is 7.89. The Bertz CT molecular complexity index is 674. The molecule has 0 aliphatic rings. The molecule has 132 valence electrons. The maximum absolute atomic E-state index is 5.50. The highest BCUT2D eigenvalue weighted by atomic mass is 35.5. The molecular weight excluding hydrogens is 326 g/mol. The van der Waals surface area contributed by atoms with Gasteiger partial charge in [0.25, 0.3) is 0 Å². The molecule has 0 atom stereocenters. The van der Waals surface area contributed by atoms with Crippen LogP contribution in [-0.4, -0.2) is 21.3 Å². The average Bonchev–Trinajstić information content (AvgIpc) is 2.57.